The van der Waals surface area contributed by atoms with Gasteiger partial charge in [0.1, 0.15) is 10.0 Å². The maximum atomic E-state index is 10.5. The molecular weight excluding hydrogens is 170 g/mol. The topological polar surface area (TPSA) is 40.9 Å². The fourth-order valence-electron chi connectivity index (χ4n) is 0.957. The summed E-state index contributed by atoms with van der Waals surface area (Å²) in [6, 6.07) is 2.08. The van der Waals surface area contributed by atoms with Gasteiger partial charge in [-0.15, -0.1) is 0 Å². The van der Waals surface area contributed by atoms with Crippen molar-refractivity contribution in [2.24, 2.45) is 5.41 Å². The van der Waals surface area contributed by atoms with Crippen molar-refractivity contribution in [2.45, 2.75) is 19.3 Å². The fraction of sp³-hybridized carbons (Fsp3) is 0.833. The van der Waals surface area contributed by atoms with Gasteiger partial charge in [-0.3, -0.25) is 0 Å². The predicted molar refractivity (Wildman–Crippen MR) is 40.8 cm³/mol. The number of halogens is 1. The molecule has 1 saturated carbocycles. The third kappa shape index (κ3) is 1.96. The van der Waals surface area contributed by atoms with Crippen LogP contribution in [-0.4, -0.2) is 9.96 Å². The maximum Gasteiger partial charge on any atom is 0.115 e. The van der Waals surface area contributed by atoms with Gasteiger partial charge in [-0.2, -0.15) is 5.26 Å². The van der Waals surface area contributed by atoms with Crippen LogP contribution in [0.1, 0.15) is 19.3 Å². The molecule has 0 aliphatic heterocycles. The standard InChI is InChI=1S/C6H8ClNOS/c7-10(9)5-6(1-2-6)3-4-8/h1-3,5H2. The zero-order valence-electron chi connectivity index (χ0n) is 5.47. The van der Waals surface area contributed by atoms with E-state index in [1.54, 1.807) is 0 Å². The van der Waals surface area contributed by atoms with Crippen molar-refractivity contribution < 1.29 is 4.21 Å². The van der Waals surface area contributed by atoms with Crippen LogP contribution in [0.2, 0.25) is 0 Å². The van der Waals surface area contributed by atoms with E-state index in [0.29, 0.717) is 12.2 Å². The van der Waals surface area contributed by atoms with Crippen molar-refractivity contribution in [3.05, 3.63) is 0 Å². The first-order valence-corrected chi connectivity index (χ1v) is 5.25. The number of rotatable bonds is 3. The molecule has 0 aromatic rings. The molecule has 4 heteroatoms. The highest BCUT2D eigenvalue weighted by Gasteiger charge is 2.43. The Bertz CT molecular complexity index is 194. The monoisotopic (exact) mass is 177 g/mol. The Labute approximate surface area is 67.1 Å². The summed E-state index contributed by atoms with van der Waals surface area (Å²) in [6.07, 6.45) is 2.53. The third-order valence-corrected chi connectivity index (χ3v) is 3.00. The Morgan fingerprint density at radius 3 is 2.60 bits per heavy atom. The van der Waals surface area contributed by atoms with Gasteiger partial charge >= 0.3 is 0 Å². The first kappa shape index (κ1) is 8.03. The van der Waals surface area contributed by atoms with Crippen molar-refractivity contribution in [3.63, 3.8) is 0 Å². The average Bonchev–Trinajstić information content (AvgIpc) is 2.47. The summed E-state index contributed by atoms with van der Waals surface area (Å²) in [5.41, 5.74) is 0.0291. The largest absolute Gasteiger partial charge is 0.243 e. The summed E-state index contributed by atoms with van der Waals surface area (Å²) < 4.78 is 10.5. The summed E-state index contributed by atoms with van der Waals surface area (Å²) in [5.74, 6) is 0.488. The summed E-state index contributed by atoms with van der Waals surface area (Å²) in [7, 11) is 4.05. The third-order valence-electron chi connectivity index (χ3n) is 1.83. The Balaban J connectivity index is 2.39. The lowest BCUT2D eigenvalue weighted by molar-refractivity contribution is 0.591. The summed E-state index contributed by atoms with van der Waals surface area (Å²) in [4.78, 5) is 0. The van der Waals surface area contributed by atoms with Gasteiger partial charge < -0.3 is 0 Å². The van der Waals surface area contributed by atoms with Crippen molar-refractivity contribution in [1.82, 2.24) is 0 Å². The summed E-state index contributed by atoms with van der Waals surface area (Å²) in [5, 5.41) is 8.36. The van der Waals surface area contributed by atoms with Crippen LogP contribution in [0.5, 0.6) is 0 Å². The minimum atomic E-state index is -1.25. The van der Waals surface area contributed by atoms with E-state index in [4.69, 9.17) is 15.9 Å². The second-order valence-corrected chi connectivity index (χ2v) is 4.67. The van der Waals surface area contributed by atoms with E-state index in [0.717, 1.165) is 12.8 Å². The van der Waals surface area contributed by atoms with E-state index in [1.165, 1.54) is 0 Å². The molecule has 1 aliphatic rings. The molecule has 0 bridgehead atoms. The lowest BCUT2D eigenvalue weighted by atomic mass is 10.1. The number of hydrogen-bond donors (Lipinski definition) is 0. The van der Waals surface area contributed by atoms with E-state index in [9.17, 15) is 4.21 Å². The molecule has 0 heterocycles. The Kier molecular flexibility index (Phi) is 2.32. The zero-order valence-corrected chi connectivity index (χ0v) is 7.04. The van der Waals surface area contributed by atoms with Crippen molar-refractivity contribution >= 4 is 20.7 Å². The highest BCUT2D eigenvalue weighted by molar-refractivity contribution is 8.08. The Morgan fingerprint density at radius 2 is 2.30 bits per heavy atom. The van der Waals surface area contributed by atoms with Gasteiger partial charge in [0.2, 0.25) is 0 Å². The molecule has 2 nitrogen and oxygen atoms in total. The molecule has 0 aromatic carbocycles. The molecule has 56 valence electrons. The van der Waals surface area contributed by atoms with E-state index in [2.05, 4.69) is 6.07 Å². The van der Waals surface area contributed by atoms with E-state index in [-0.39, 0.29) is 5.41 Å². The molecule has 0 aromatic heterocycles. The van der Waals surface area contributed by atoms with E-state index in [1.807, 2.05) is 0 Å². The number of nitriles is 1. The van der Waals surface area contributed by atoms with Crippen molar-refractivity contribution in [2.75, 3.05) is 5.75 Å². The number of hydrogen-bond acceptors (Lipinski definition) is 2. The first-order chi connectivity index (χ1) is 4.68. The molecule has 1 rings (SSSR count). The second kappa shape index (κ2) is 2.89. The van der Waals surface area contributed by atoms with Crippen LogP contribution in [0.15, 0.2) is 0 Å². The lowest BCUT2D eigenvalue weighted by Crippen LogP contribution is -2.07. The molecule has 0 spiro atoms. The normalized spacial score (nSPS) is 23.2. The summed E-state index contributed by atoms with van der Waals surface area (Å²) >= 11 is 0. The molecular formula is C6H8ClNOS. The van der Waals surface area contributed by atoms with E-state index >= 15 is 0 Å². The van der Waals surface area contributed by atoms with Gasteiger partial charge in [0, 0.05) is 12.2 Å². The first-order valence-electron chi connectivity index (χ1n) is 3.10. The zero-order chi connectivity index (χ0) is 7.61. The van der Waals surface area contributed by atoms with Crippen LogP contribution in [0, 0.1) is 16.7 Å². The van der Waals surface area contributed by atoms with Crippen LogP contribution in [0.4, 0.5) is 0 Å². The smallest absolute Gasteiger partial charge is 0.115 e. The van der Waals surface area contributed by atoms with Crippen LogP contribution in [0.25, 0.3) is 0 Å². The molecule has 1 unspecified atom stereocenters. The molecule has 0 saturated heterocycles. The minimum absolute atomic E-state index is 0.0291. The number of nitrogens with zero attached hydrogens (tertiary/aromatic N) is 1. The Hall–Kier alpha value is -0.0700. The van der Waals surface area contributed by atoms with Crippen molar-refractivity contribution in [3.8, 4) is 6.07 Å². The highest BCUT2D eigenvalue weighted by atomic mass is 35.7. The Morgan fingerprint density at radius 1 is 1.70 bits per heavy atom. The average molecular weight is 178 g/mol. The summed E-state index contributed by atoms with van der Waals surface area (Å²) in [6.45, 7) is 0. The van der Waals surface area contributed by atoms with Crippen molar-refractivity contribution in [1.29, 1.82) is 5.26 Å². The van der Waals surface area contributed by atoms with Gasteiger partial charge in [0.05, 0.1) is 6.07 Å². The molecule has 1 aliphatic carbocycles. The van der Waals surface area contributed by atoms with Gasteiger partial charge in [0.15, 0.2) is 0 Å². The van der Waals surface area contributed by atoms with Crippen LogP contribution >= 0.6 is 10.7 Å². The molecule has 10 heavy (non-hydrogen) atoms. The maximum absolute atomic E-state index is 10.5. The van der Waals surface area contributed by atoms with Gasteiger partial charge in [0.25, 0.3) is 0 Å². The van der Waals surface area contributed by atoms with Crippen LogP contribution in [0.3, 0.4) is 0 Å². The van der Waals surface area contributed by atoms with Crippen LogP contribution < -0.4 is 0 Å². The van der Waals surface area contributed by atoms with Gasteiger partial charge in [-0.25, -0.2) is 4.21 Å². The second-order valence-electron chi connectivity index (χ2n) is 2.77. The fourth-order valence-corrected chi connectivity index (χ4v) is 2.52. The highest BCUT2D eigenvalue weighted by Crippen LogP contribution is 2.49. The molecule has 0 amide bonds. The van der Waals surface area contributed by atoms with E-state index < -0.39 is 10.0 Å². The van der Waals surface area contributed by atoms with Gasteiger partial charge in [-0.05, 0) is 28.9 Å². The SMILES string of the molecule is N#CCC1(CS(=O)Cl)CC1. The van der Waals surface area contributed by atoms with Gasteiger partial charge in [-0.1, -0.05) is 0 Å². The lowest BCUT2D eigenvalue weighted by Gasteiger charge is -2.04. The predicted octanol–water partition coefficient (Wildman–Crippen LogP) is 1.58. The van der Waals surface area contributed by atoms with Crippen LogP contribution in [-0.2, 0) is 10.0 Å². The molecule has 1 fully saturated rings. The quantitative estimate of drug-likeness (QED) is 0.615. The molecule has 0 N–H and O–H groups in total. The minimum Gasteiger partial charge on any atom is -0.243 e. The molecule has 1 atom stereocenters. The molecule has 0 radical (unpaired) electrons.